The van der Waals surface area contributed by atoms with Crippen LogP contribution in [0.25, 0.3) is 0 Å². The number of carbonyl (C=O) groups excluding carboxylic acids is 1. The van der Waals surface area contributed by atoms with Gasteiger partial charge in [0, 0.05) is 17.9 Å². The number of hydrogen-bond donors (Lipinski definition) is 1. The normalized spacial score (nSPS) is 18.0. The predicted molar refractivity (Wildman–Crippen MR) is 88.2 cm³/mol. The van der Waals surface area contributed by atoms with Crippen molar-refractivity contribution in [3.63, 3.8) is 0 Å². The van der Waals surface area contributed by atoms with Crippen molar-refractivity contribution in [1.82, 2.24) is 9.78 Å². The molecule has 0 aliphatic carbocycles. The number of nitrogens with one attached hydrogen (secondary N) is 1. The van der Waals surface area contributed by atoms with Gasteiger partial charge in [0.15, 0.2) is 0 Å². The van der Waals surface area contributed by atoms with Crippen molar-refractivity contribution in [3.05, 3.63) is 46.6 Å². The number of benzene rings is 1. The van der Waals surface area contributed by atoms with Crippen molar-refractivity contribution in [2.24, 2.45) is 0 Å². The fourth-order valence-electron chi connectivity index (χ4n) is 3.14. The van der Waals surface area contributed by atoms with Crippen LogP contribution in [0.15, 0.2) is 24.4 Å². The molecule has 0 saturated carbocycles. The highest BCUT2D eigenvalue weighted by atomic mass is 16.1. The summed E-state index contributed by atoms with van der Waals surface area (Å²) in [6, 6.07) is 6.43. The fraction of sp³-hybridized carbons (Fsp3) is 0.444. The van der Waals surface area contributed by atoms with E-state index in [1.807, 2.05) is 10.9 Å². The molecule has 1 amide bonds. The minimum absolute atomic E-state index is 0.0596. The highest BCUT2D eigenvalue weighted by molar-refractivity contribution is 5.94. The van der Waals surface area contributed by atoms with E-state index in [0.29, 0.717) is 6.42 Å². The summed E-state index contributed by atoms with van der Waals surface area (Å²) in [6.07, 6.45) is 2.39. The monoisotopic (exact) mass is 297 g/mol. The maximum atomic E-state index is 12.2. The van der Waals surface area contributed by atoms with Crippen molar-refractivity contribution in [1.29, 1.82) is 0 Å². The number of aryl methyl sites for hydroxylation is 2. The van der Waals surface area contributed by atoms with Gasteiger partial charge in [0.1, 0.15) is 5.82 Å². The van der Waals surface area contributed by atoms with Gasteiger partial charge >= 0.3 is 0 Å². The molecular weight excluding hydrogens is 274 g/mol. The lowest BCUT2D eigenvalue weighted by Gasteiger charge is -2.28. The molecule has 0 bridgehead atoms. The minimum atomic E-state index is -0.162. The highest BCUT2D eigenvalue weighted by Gasteiger charge is 2.33. The summed E-state index contributed by atoms with van der Waals surface area (Å²) in [7, 11) is 0. The predicted octanol–water partition coefficient (Wildman–Crippen LogP) is 3.73. The number of aromatic nitrogens is 2. The van der Waals surface area contributed by atoms with E-state index in [-0.39, 0.29) is 17.4 Å². The minimum Gasteiger partial charge on any atom is -0.311 e. The molecule has 1 aliphatic rings. The molecule has 1 unspecified atom stereocenters. The average Bonchev–Trinajstić information content (AvgIpc) is 2.84. The summed E-state index contributed by atoms with van der Waals surface area (Å²) in [5.41, 5.74) is 4.62. The molecule has 0 saturated heterocycles. The van der Waals surface area contributed by atoms with E-state index in [1.54, 1.807) is 0 Å². The van der Waals surface area contributed by atoms with E-state index in [9.17, 15) is 4.79 Å². The van der Waals surface area contributed by atoms with Crippen molar-refractivity contribution in [2.45, 2.75) is 52.5 Å². The van der Waals surface area contributed by atoms with Crippen LogP contribution in [0.1, 0.15) is 55.4 Å². The number of anilines is 1. The SMILES string of the molecule is Cc1ccc(C)c(C2CC(=O)Nc3c2cnn3C(C)(C)C)c1. The largest absolute Gasteiger partial charge is 0.311 e. The van der Waals surface area contributed by atoms with Gasteiger partial charge in [-0.15, -0.1) is 0 Å². The molecule has 4 heteroatoms. The van der Waals surface area contributed by atoms with Crippen LogP contribution in [-0.2, 0) is 10.3 Å². The van der Waals surface area contributed by atoms with Gasteiger partial charge in [0.25, 0.3) is 0 Å². The summed E-state index contributed by atoms with van der Waals surface area (Å²) in [6.45, 7) is 10.5. The Labute approximate surface area is 131 Å². The first kappa shape index (κ1) is 14.8. The summed E-state index contributed by atoms with van der Waals surface area (Å²) in [5.74, 6) is 0.985. The van der Waals surface area contributed by atoms with E-state index in [2.05, 4.69) is 63.2 Å². The summed E-state index contributed by atoms with van der Waals surface area (Å²) < 4.78 is 1.91. The third-order valence-corrected chi connectivity index (χ3v) is 4.27. The van der Waals surface area contributed by atoms with Crippen LogP contribution in [0.2, 0.25) is 0 Å². The molecule has 0 fully saturated rings. The van der Waals surface area contributed by atoms with Gasteiger partial charge in [-0.25, -0.2) is 4.68 Å². The van der Waals surface area contributed by atoms with Gasteiger partial charge in [-0.05, 0) is 45.7 Å². The average molecular weight is 297 g/mol. The first-order chi connectivity index (χ1) is 10.3. The smallest absolute Gasteiger partial charge is 0.226 e. The van der Waals surface area contributed by atoms with E-state index in [1.165, 1.54) is 16.7 Å². The lowest BCUT2D eigenvalue weighted by molar-refractivity contribution is -0.116. The van der Waals surface area contributed by atoms with Crippen molar-refractivity contribution < 1.29 is 4.79 Å². The number of amides is 1. The molecule has 4 nitrogen and oxygen atoms in total. The van der Waals surface area contributed by atoms with Crippen LogP contribution in [0.5, 0.6) is 0 Å². The van der Waals surface area contributed by atoms with Crippen LogP contribution in [0, 0.1) is 13.8 Å². The molecule has 2 aromatic rings. The lowest BCUT2D eigenvalue weighted by atomic mass is 9.84. The number of rotatable bonds is 1. The number of carbonyl (C=O) groups is 1. The van der Waals surface area contributed by atoms with Gasteiger partial charge < -0.3 is 5.32 Å². The van der Waals surface area contributed by atoms with Gasteiger partial charge in [-0.3, -0.25) is 4.79 Å². The second-order valence-electron chi connectivity index (χ2n) is 7.20. The van der Waals surface area contributed by atoms with Crippen molar-refractivity contribution >= 4 is 11.7 Å². The maximum absolute atomic E-state index is 12.2. The van der Waals surface area contributed by atoms with E-state index in [0.717, 1.165) is 11.4 Å². The van der Waals surface area contributed by atoms with Gasteiger partial charge in [0.2, 0.25) is 5.91 Å². The highest BCUT2D eigenvalue weighted by Crippen LogP contribution is 2.40. The maximum Gasteiger partial charge on any atom is 0.226 e. The standard InChI is InChI=1S/C18H23N3O/c1-11-6-7-12(2)13(8-11)14-9-16(22)20-17-15(14)10-19-21(17)18(3,4)5/h6-8,10,14H,9H2,1-5H3,(H,20,22). The third-order valence-electron chi connectivity index (χ3n) is 4.27. The Bertz CT molecular complexity index is 737. The first-order valence-electron chi connectivity index (χ1n) is 7.73. The third kappa shape index (κ3) is 2.43. The zero-order chi connectivity index (χ0) is 16.1. The van der Waals surface area contributed by atoms with Crippen LogP contribution >= 0.6 is 0 Å². The Morgan fingerprint density at radius 2 is 1.95 bits per heavy atom. The van der Waals surface area contributed by atoms with Crippen LogP contribution in [0.4, 0.5) is 5.82 Å². The summed E-state index contributed by atoms with van der Waals surface area (Å²) >= 11 is 0. The molecule has 0 spiro atoms. The fourth-order valence-corrected chi connectivity index (χ4v) is 3.14. The summed E-state index contributed by atoms with van der Waals surface area (Å²) in [5, 5.41) is 7.54. The van der Waals surface area contributed by atoms with Gasteiger partial charge in [-0.2, -0.15) is 5.10 Å². The zero-order valence-electron chi connectivity index (χ0n) is 13.9. The van der Waals surface area contributed by atoms with E-state index < -0.39 is 0 Å². The molecule has 1 N–H and O–H groups in total. The number of nitrogens with zero attached hydrogens (tertiary/aromatic N) is 2. The Morgan fingerprint density at radius 3 is 2.64 bits per heavy atom. The molecule has 1 aromatic heterocycles. The van der Waals surface area contributed by atoms with Crippen LogP contribution < -0.4 is 5.32 Å². The molecule has 1 aliphatic heterocycles. The summed E-state index contributed by atoms with van der Waals surface area (Å²) in [4.78, 5) is 12.2. The molecule has 3 rings (SSSR count). The van der Waals surface area contributed by atoms with Gasteiger partial charge in [-0.1, -0.05) is 23.8 Å². The van der Waals surface area contributed by atoms with Crippen LogP contribution in [-0.4, -0.2) is 15.7 Å². The second-order valence-corrected chi connectivity index (χ2v) is 7.20. The molecule has 0 radical (unpaired) electrons. The first-order valence-corrected chi connectivity index (χ1v) is 7.73. The van der Waals surface area contributed by atoms with Crippen LogP contribution in [0.3, 0.4) is 0 Å². The Kier molecular flexibility index (Phi) is 3.35. The Balaban J connectivity index is 2.15. The lowest BCUT2D eigenvalue weighted by Crippen LogP contribution is -2.30. The Morgan fingerprint density at radius 1 is 1.23 bits per heavy atom. The van der Waals surface area contributed by atoms with Crippen molar-refractivity contribution in [2.75, 3.05) is 5.32 Å². The zero-order valence-corrected chi connectivity index (χ0v) is 13.9. The van der Waals surface area contributed by atoms with Gasteiger partial charge in [0.05, 0.1) is 11.7 Å². The quantitative estimate of drug-likeness (QED) is 0.872. The van der Waals surface area contributed by atoms with E-state index >= 15 is 0 Å². The molecule has 1 atom stereocenters. The topological polar surface area (TPSA) is 46.9 Å². The number of fused-ring (bicyclic) bond motifs is 1. The van der Waals surface area contributed by atoms with Crippen molar-refractivity contribution in [3.8, 4) is 0 Å². The number of hydrogen-bond acceptors (Lipinski definition) is 2. The second kappa shape index (κ2) is 4.97. The molecule has 2 heterocycles. The molecule has 116 valence electrons. The molecular formula is C18H23N3O. The molecule has 1 aromatic carbocycles. The molecule has 22 heavy (non-hydrogen) atoms. The Hall–Kier alpha value is -2.10. The van der Waals surface area contributed by atoms with E-state index in [4.69, 9.17) is 0 Å².